The van der Waals surface area contributed by atoms with Crippen LogP contribution < -0.4 is 15.5 Å². The van der Waals surface area contributed by atoms with Gasteiger partial charge in [0.15, 0.2) is 5.43 Å². The van der Waals surface area contributed by atoms with Crippen molar-refractivity contribution in [1.29, 1.82) is 0 Å². The Labute approximate surface area is 176 Å². The zero-order chi connectivity index (χ0) is 21.3. The predicted octanol–water partition coefficient (Wildman–Crippen LogP) is 5.20. The highest BCUT2D eigenvalue weighted by atomic mass is 16.5. The van der Waals surface area contributed by atoms with Gasteiger partial charge in [-0.15, -0.1) is 0 Å². The van der Waals surface area contributed by atoms with E-state index in [0.717, 1.165) is 28.9 Å². The van der Waals surface area contributed by atoms with Crippen LogP contribution in [0.3, 0.4) is 0 Å². The fourth-order valence-electron chi connectivity index (χ4n) is 3.93. The summed E-state index contributed by atoms with van der Waals surface area (Å²) >= 11 is 0. The summed E-state index contributed by atoms with van der Waals surface area (Å²) in [6.07, 6.45) is 4.63. The van der Waals surface area contributed by atoms with Crippen molar-refractivity contribution >= 4 is 16.9 Å². The van der Waals surface area contributed by atoms with Gasteiger partial charge < -0.3 is 14.5 Å². The molecule has 1 N–H and O–H groups in total. The molecular weight excluding hydrogens is 378 g/mol. The van der Waals surface area contributed by atoms with Gasteiger partial charge in [-0.2, -0.15) is 0 Å². The molecule has 0 saturated carbocycles. The Balaban J connectivity index is 1.62. The van der Waals surface area contributed by atoms with E-state index in [1.807, 2.05) is 44.2 Å². The lowest BCUT2D eigenvalue weighted by Gasteiger charge is -2.13. The Bertz CT molecular complexity index is 1140. The lowest BCUT2D eigenvalue weighted by molar-refractivity contribution is 0.0938. The third kappa shape index (κ3) is 3.60. The largest absolute Gasteiger partial charge is 0.494 e. The van der Waals surface area contributed by atoms with Crippen LogP contribution in [-0.2, 0) is 0 Å². The number of carbonyl (C=O) groups excluding carboxylic acids is 1. The fourth-order valence-corrected chi connectivity index (χ4v) is 3.93. The summed E-state index contributed by atoms with van der Waals surface area (Å²) in [6.45, 7) is 6.73. The lowest BCUT2D eigenvalue weighted by atomic mass is 9.98. The fraction of sp³-hybridized carbons (Fsp3) is 0.360. The van der Waals surface area contributed by atoms with Gasteiger partial charge >= 0.3 is 0 Å². The zero-order valence-electron chi connectivity index (χ0n) is 17.7. The average molecular weight is 405 g/mol. The molecule has 3 aromatic rings. The molecule has 5 heteroatoms. The highest BCUT2D eigenvalue weighted by molar-refractivity contribution is 5.99. The number of hydrogen-bond donors (Lipinski definition) is 1. The first-order chi connectivity index (χ1) is 14.5. The number of carbonyl (C=O) groups is 1. The SMILES string of the molecule is CCCCCCOc1ccc(C2NC(=O)c3oc4c(C)c(C)ccc4c(=O)c32)cc1. The molecule has 0 radical (unpaired) electrons. The van der Waals surface area contributed by atoms with Crippen molar-refractivity contribution in [2.75, 3.05) is 6.61 Å². The third-order valence-corrected chi connectivity index (χ3v) is 5.87. The topological polar surface area (TPSA) is 68.5 Å². The number of amides is 1. The molecule has 2 heterocycles. The molecule has 0 saturated heterocycles. The summed E-state index contributed by atoms with van der Waals surface area (Å²) in [5.41, 5.74) is 3.44. The zero-order valence-corrected chi connectivity index (χ0v) is 17.7. The van der Waals surface area contributed by atoms with Crippen LogP contribution in [0.4, 0.5) is 0 Å². The van der Waals surface area contributed by atoms with Crippen LogP contribution in [0, 0.1) is 13.8 Å². The molecule has 1 aliphatic heterocycles. The molecule has 1 aliphatic rings. The highest BCUT2D eigenvalue weighted by Crippen LogP contribution is 2.33. The normalized spacial score (nSPS) is 15.3. The van der Waals surface area contributed by atoms with Gasteiger partial charge in [0.05, 0.1) is 23.6 Å². The van der Waals surface area contributed by atoms with E-state index in [0.29, 0.717) is 23.1 Å². The van der Waals surface area contributed by atoms with E-state index in [-0.39, 0.29) is 17.1 Å². The quantitative estimate of drug-likeness (QED) is 0.549. The summed E-state index contributed by atoms with van der Waals surface area (Å²) in [6, 6.07) is 10.7. The van der Waals surface area contributed by atoms with Gasteiger partial charge in [0.2, 0.25) is 5.76 Å². The van der Waals surface area contributed by atoms with Crippen molar-refractivity contribution < 1.29 is 13.9 Å². The minimum atomic E-state index is -0.520. The first-order valence-corrected chi connectivity index (χ1v) is 10.6. The molecule has 0 spiro atoms. The molecule has 1 atom stereocenters. The second-order valence-electron chi connectivity index (χ2n) is 7.94. The number of nitrogens with one attached hydrogen (secondary N) is 1. The number of rotatable bonds is 7. The standard InChI is InChI=1S/C25H27NO4/c1-4-5-6-7-14-29-18-11-9-17(10-12-18)21-20-22(27)19-13-8-15(2)16(3)23(19)30-24(20)25(28)26-21/h8-13,21H,4-7,14H2,1-3H3,(H,26,28). The van der Waals surface area contributed by atoms with E-state index in [1.165, 1.54) is 19.3 Å². The third-order valence-electron chi connectivity index (χ3n) is 5.87. The molecule has 1 aromatic heterocycles. The van der Waals surface area contributed by atoms with E-state index in [4.69, 9.17) is 9.15 Å². The molecule has 0 bridgehead atoms. The molecule has 1 amide bonds. The maximum Gasteiger partial charge on any atom is 0.288 e. The van der Waals surface area contributed by atoms with Crippen LogP contribution in [0.2, 0.25) is 0 Å². The Hall–Kier alpha value is -3.08. The number of unbranched alkanes of at least 4 members (excludes halogenated alkanes) is 3. The lowest BCUT2D eigenvalue weighted by Crippen LogP contribution is -2.21. The minimum absolute atomic E-state index is 0.113. The minimum Gasteiger partial charge on any atom is -0.494 e. The van der Waals surface area contributed by atoms with E-state index < -0.39 is 6.04 Å². The molecule has 4 rings (SSSR count). The van der Waals surface area contributed by atoms with Crippen LogP contribution in [0.1, 0.15) is 71.5 Å². The van der Waals surface area contributed by atoms with Gasteiger partial charge in [-0.3, -0.25) is 9.59 Å². The molecule has 156 valence electrons. The van der Waals surface area contributed by atoms with E-state index in [9.17, 15) is 9.59 Å². The van der Waals surface area contributed by atoms with E-state index in [1.54, 1.807) is 6.07 Å². The summed E-state index contributed by atoms with van der Waals surface area (Å²) < 4.78 is 11.7. The number of ether oxygens (including phenoxy) is 1. The number of benzene rings is 2. The van der Waals surface area contributed by atoms with Gasteiger partial charge in [0.25, 0.3) is 5.91 Å². The molecule has 2 aromatic carbocycles. The molecule has 0 aliphatic carbocycles. The maximum atomic E-state index is 13.2. The smallest absolute Gasteiger partial charge is 0.288 e. The summed E-state index contributed by atoms with van der Waals surface area (Å²) in [5, 5.41) is 3.40. The second-order valence-corrected chi connectivity index (χ2v) is 7.94. The number of hydrogen-bond acceptors (Lipinski definition) is 4. The highest BCUT2D eigenvalue weighted by Gasteiger charge is 2.36. The summed E-state index contributed by atoms with van der Waals surface area (Å²) in [7, 11) is 0. The van der Waals surface area contributed by atoms with Gasteiger partial charge in [-0.05, 0) is 55.2 Å². The number of aryl methyl sites for hydroxylation is 2. The first kappa shape index (κ1) is 20.2. The predicted molar refractivity (Wildman–Crippen MR) is 117 cm³/mol. The maximum absolute atomic E-state index is 13.2. The van der Waals surface area contributed by atoms with Crippen molar-refractivity contribution in [1.82, 2.24) is 5.32 Å². The molecule has 5 nitrogen and oxygen atoms in total. The first-order valence-electron chi connectivity index (χ1n) is 10.6. The van der Waals surface area contributed by atoms with Crippen LogP contribution in [0.15, 0.2) is 45.6 Å². The van der Waals surface area contributed by atoms with E-state index in [2.05, 4.69) is 12.2 Å². The van der Waals surface area contributed by atoms with Crippen LogP contribution in [0.5, 0.6) is 5.75 Å². The monoisotopic (exact) mass is 405 g/mol. The van der Waals surface area contributed by atoms with Crippen molar-refractivity contribution in [3.63, 3.8) is 0 Å². The van der Waals surface area contributed by atoms with E-state index >= 15 is 0 Å². The van der Waals surface area contributed by atoms with Crippen molar-refractivity contribution in [2.24, 2.45) is 0 Å². The van der Waals surface area contributed by atoms with Crippen LogP contribution in [0.25, 0.3) is 11.0 Å². The number of fused-ring (bicyclic) bond motifs is 2. The average Bonchev–Trinajstić information content (AvgIpc) is 3.08. The van der Waals surface area contributed by atoms with Gasteiger partial charge in [0, 0.05) is 0 Å². The Morgan fingerprint density at radius 3 is 2.50 bits per heavy atom. The van der Waals surface area contributed by atoms with Crippen molar-refractivity contribution in [3.8, 4) is 5.75 Å². The van der Waals surface area contributed by atoms with Crippen LogP contribution >= 0.6 is 0 Å². The van der Waals surface area contributed by atoms with Gasteiger partial charge in [0.1, 0.15) is 11.3 Å². The second kappa shape index (κ2) is 8.34. The van der Waals surface area contributed by atoms with Crippen molar-refractivity contribution in [2.45, 2.75) is 52.5 Å². The van der Waals surface area contributed by atoms with Gasteiger partial charge in [-0.1, -0.05) is 44.4 Å². The molecule has 30 heavy (non-hydrogen) atoms. The van der Waals surface area contributed by atoms with Gasteiger partial charge in [-0.25, -0.2) is 0 Å². The summed E-state index contributed by atoms with van der Waals surface area (Å²) in [4.78, 5) is 25.8. The molecule has 0 fully saturated rings. The molecule has 1 unspecified atom stereocenters. The van der Waals surface area contributed by atoms with Crippen LogP contribution in [-0.4, -0.2) is 12.5 Å². The Morgan fingerprint density at radius 2 is 1.77 bits per heavy atom. The molecular formula is C25H27NO4. The Kier molecular flexibility index (Phi) is 5.62. The summed E-state index contributed by atoms with van der Waals surface area (Å²) in [5.74, 6) is 0.546. The van der Waals surface area contributed by atoms with Crippen molar-refractivity contribution in [3.05, 3.63) is 74.6 Å². The Morgan fingerprint density at radius 1 is 1.00 bits per heavy atom.